The summed E-state index contributed by atoms with van der Waals surface area (Å²) in [6.07, 6.45) is 0.790. The summed E-state index contributed by atoms with van der Waals surface area (Å²) in [5.41, 5.74) is 2.68. The third kappa shape index (κ3) is 4.22. The van der Waals surface area contributed by atoms with Gasteiger partial charge in [-0.3, -0.25) is 9.89 Å². The lowest BCUT2D eigenvalue weighted by Gasteiger charge is -2.11. The third-order valence-corrected chi connectivity index (χ3v) is 4.02. The fourth-order valence-electron chi connectivity index (χ4n) is 1.88. The molecule has 1 aromatic heterocycles. The van der Waals surface area contributed by atoms with E-state index in [9.17, 15) is 4.79 Å². The third-order valence-electron chi connectivity index (χ3n) is 2.87. The Labute approximate surface area is 132 Å². The molecule has 112 valence electrons. The van der Waals surface area contributed by atoms with Crippen molar-refractivity contribution < 1.29 is 4.79 Å². The van der Waals surface area contributed by atoms with Crippen molar-refractivity contribution in [1.29, 1.82) is 0 Å². The van der Waals surface area contributed by atoms with E-state index in [2.05, 4.69) is 20.5 Å². The number of aromatic amines is 1. The second-order valence-electron chi connectivity index (χ2n) is 4.69. The van der Waals surface area contributed by atoms with Gasteiger partial charge in [0.2, 0.25) is 11.1 Å². The zero-order chi connectivity index (χ0) is 15.4. The summed E-state index contributed by atoms with van der Waals surface area (Å²) in [5.74, 6) is 0.928. The number of benzene rings is 1. The molecule has 1 amide bonds. The molecule has 2 N–H and O–H groups in total. The normalized spacial score (nSPS) is 10.7. The van der Waals surface area contributed by atoms with Gasteiger partial charge in [0.1, 0.15) is 5.82 Å². The number of hydrogen-bond donors (Lipinski definition) is 2. The Morgan fingerprint density at radius 2 is 2.19 bits per heavy atom. The maximum atomic E-state index is 12.0. The molecular formula is C14H17ClN4OS. The van der Waals surface area contributed by atoms with Crippen LogP contribution in [0.25, 0.3) is 0 Å². The molecule has 0 bridgehead atoms. The summed E-state index contributed by atoms with van der Waals surface area (Å²) >= 11 is 7.46. The summed E-state index contributed by atoms with van der Waals surface area (Å²) < 4.78 is 0. The van der Waals surface area contributed by atoms with E-state index in [0.717, 1.165) is 23.4 Å². The second-order valence-corrected chi connectivity index (χ2v) is 6.04. The van der Waals surface area contributed by atoms with Crippen LogP contribution in [-0.4, -0.2) is 26.8 Å². The van der Waals surface area contributed by atoms with Crippen LogP contribution in [0.4, 0.5) is 5.69 Å². The van der Waals surface area contributed by atoms with E-state index in [4.69, 9.17) is 11.6 Å². The number of halogens is 1. The van der Waals surface area contributed by atoms with Gasteiger partial charge in [0, 0.05) is 6.42 Å². The van der Waals surface area contributed by atoms with Crippen molar-refractivity contribution in [3.63, 3.8) is 0 Å². The number of aryl methyl sites for hydroxylation is 3. The van der Waals surface area contributed by atoms with E-state index in [0.29, 0.717) is 15.9 Å². The number of carbonyl (C=O) groups excluding carboxylic acids is 1. The van der Waals surface area contributed by atoms with Crippen molar-refractivity contribution in [3.05, 3.63) is 34.1 Å². The standard InChI is InChI=1S/C14H17ClN4OS/c1-4-11-16-14(19-18-11)21-7-12(20)17-13-9(3)5-8(2)6-10(13)15/h5-6H,4,7H2,1-3H3,(H,17,20)(H,16,18,19). The van der Waals surface area contributed by atoms with Crippen LogP contribution in [0, 0.1) is 13.8 Å². The Morgan fingerprint density at radius 1 is 1.43 bits per heavy atom. The van der Waals surface area contributed by atoms with E-state index in [1.54, 1.807) is 0 Å². The van der Waals surface area contributed by atoms with Gasteiger partial charge in [-0.1, -0.05) is 36.4 Å². The van der Waals surface area contributed by atoms with Crippen LogP contribution in [0.1, 0.15) is 23.9 Å². The van der Waals surface area contributed by atoms with Crippen LogP contribution >= 0.6 is 23.4 Å². The van der Waals surface area contributed by atoms with Crippen LogP contribution in [0.3, 0.4) is 0 Å². The van der Waals surface area contributed by atoms with Gasteiger partial charge in [0.25, 0.3) is 0 Å². The second kappa shape index (κ2) is 6.95. The minimum absolute atomic E-state index is 0.128. The molecule has 0 radical (unpaired) electrons. The number of aromatic nitrogens is 3. The largest absolute Gasteiger partial charge is 0.324 e. The average molecular weight is 325 g/mol. The molecule has 1 heterocycles. The highest BCUT2D eigenvalue weighted by atomic mass is 35.5. The summed E-state index contributed by atoms with van der Waals surface area (Å²) in [4.78, 5) is 16.2. The van der Waals surface area contributed by atoms with Gasteiger partial charge < -0.3 is 5.32 Å². The number of amides is 1. The summed E-state index contributed by atoms with van der Waals surface area (Å²) in [7, 11) is 0. The van der Waals surface area contributed by atoms with Crippen LogP contribution in [0.5, 0.6) is 0 Å². The van der Waals surface area contributed by atoms with Crippen LogP contribution in [-0.2, 0) is 11.2 Å². The molecule has 0 saturated heterocycles. The molecule has 5 nitrogen and oxygen atoms in total. The smallest absolute Gasteiger partial charge is 0.234 e. The molecule has 7 heteroatoms. The van der Waals surface area contributed by atoms with Crippen LogP contribution < -0.4 is 5.32 Å². The molecular weight excluding hydrogens is 308 g/mol. The number of hydrogen-bond acceptors (Lipinski definition) is 4. The van der Waals surface area contributed by atoms with Crippen LogP contribution in [0.2, 0.25) is 5.02 Å². The quantitative estimate of drug-likeness (QED) is 0.827. The molecule has 0 aliphatic carbocycles. The number of anilines is 1. The minimum Gasteiger partial charge on any atom is -0.324 e. The molecule has 0 saturated carbocycles. The van der Waals surface area contributed by atoms with Gasteiger partial charge >= 0.3 is 0 Å². The molecule has 2 rings (SSSR count). The lowest BCUT2D eigenvalue weighted by atomic mass is 10.1. The minimum atomic E-state index is -0.128. The number of thioether (sulfide) groups is 1. The van der Waals surface area contributed by atoms with E-state index < -0.39 is 0 Å². The first kappa shape index (κ1) is 15.9. The molecule has 1 aromatic carbocycles. The van der Waals surface area contributed by atoms with Crippen molar-refractivity contribution in [2.24, 2.45) is 0 Å². The van der Waals surface area contributed by atoms with E-state index in [-0.39, 0.29) is 11.7 Å². The Morgan fingerprint density at radius 3 is 2.81 bits per heavy atom. The molecule has 0 unspecified atom stereocenters. The lowest BCUT2D eigenvalue weighted by molar-refractivity contribution is -0.113. The van der Waals surface area contributed by atoms with Gasteiger partial charge in [-0.25, -0.2) is 4.98 Å². The van der Waals surface area contributed by atoms with Crippen molar-refractivity contribution in [1.82, 2.24) is 15.2 Å². The first-order chi connectivity index (χ1) is 9.99. The zero-order valence-electron chi connectivity index (χ0n) is 12.2. The predicted molar refractivity (Wildman–Crippen MR) is 86.0 cm³/mol. The zero-order valence-corrected chi connectivity index (χ0v) is 13.7. The molecule has 21 heavy (non-hydrogen) atoms. The summed E-state index contributed by atoms with van der Waals surface area (Å²) in [6.45, 7) is 5.88. The molecule has 0 atom stereocenters. The number of H-pyrrole nitrogens is 1. The molecule has 0 aliphatic heterocycles. The maximum absolute atomic E-state index is 12.0. The van der Waals surface area contributed by atoms with E-state index in [1.165, 1.54) is 11.8 Å². The van der Waals surface area contributed by atoms with Gasteiger partial charge in [-0.15, -0.1) is 5.10 Å². The molecule has 0 aliphatic rings. The van der Waals surface area contributed by atoms with Crippen LogP contribution in [0.15, 0.2) is 17.3 Å². The molecule has 0 spiro atoms. The Kier molecular flexibility index (Phi) is 5.25. The van der Waals surface area contributed by atoms with Crippen molar-refractivity contribution in [3.8, 4) is 0 Å². The fraction of sp³-hybridized carbons (Fsp3) is 0.357. The van der Waals surface area contributed by atoms with E-state index >= 15 is 0 Å². The Hall–Kier alpha value is -1.53. The number of rotatable bonds is 5. The topological polar surface area (TPSA) is 70.7 Å². The maximum Gasteiger partial charge on any atom is 0.234 e. The highest BCUT2D eigenvalue weighted by Crippen LogP contribution is 2.27. The Bertz CT molecular complexity index is 633. The monoisotopic (exact) mass is 324 g/mol. The van der Waals surface area contributed by atoms with Crippen molar-refractivity contribution in [2.45, 2.75) is 32.3 Å². The van der Waals surface area contributed by atoms with Gasteiger partial charge in [0.15, 0.2) is 0 Å². The summed E-state index contributed by atoms with van der Waals surface area (Å²) in [5, 5.41) is 10.8. The summed E-state index contributed by atoms with van der Waals surface area (Å²) in [6, 6.07) is 3.82. The van der Waals surface area contributed by atoms with Gasteiger partial charge in [-0.2, -0.15) is 0 Å². The van der Waals surface area contributed by atoms with Crippen molar-refractivity contribution in [2.75, 3.05) is 11.1 Å². The molecule has 0 fully saturated rings. The first-order valence-electron chi connectivity index (χ1n) is 6.60. The molecule has 2 aromatic rings. The Balaban J connectivity index is 1.96. The number of nitrogens with zero attached hydrogens (tertiary/aromatic N) is 2. The van der Waals surface area contributed by atoms with E-state index in [1.807, 2.05) is 32.9 Å². The number of carbonyl (C=O) groups is 1. The van der Waals surface area contributed by atoms with Gasteiger partial charge in [0.05, 0.1) is 16.5 Å². The first-order valence-corrected chi connectivity index (χ1v) is 7.96. The fourth-order valence-corrected chi connectivity index (χ4v) is 2.87. The predicted octanol–water partition coefficient (Wildman–Crippen LogP) is 3.37. The average Bonchev–Trinajstić information content (AvgIpc) is 2.88. The highest BCUT2D eigenvalue weighted by molar-refractivity contribution is 7.99. The highest BCUT2D eigenvalue weighted by Gasteiger charge is 2.11. The van der Waals surface area contributed by atoms with Gasteiger partial charge in [-0.05, 0) is 31.0 Å². The number of nitrogens with one attached hydrogen (secondary N) is 2. The SMILES string of the molecule is CCc1nc(SCC(=O)Nc2c(C)cc(C)cc2Cl)n[nH]1. The van der Waals surface area contributed by atoms with Crippen molar-refractivity contribution >= 4 is 35.0 Å². The lowest BCUT2D eigenvalue weighted by Crippen LogP contribution is -2.15.